The molecule has 4 nitrogen and oxygen atoms in total. The van der Waals surface area contributed by atoms with Gasteiger partial charge in [-0.3, -0.25) is 0 Å². The van der Waals surface area contributed by atoms with Gasteiger partial charge in [-0.25, -0.2) is 4.98 Å². The van der Waals surface area contributed by atoms with E-state index in [9.17, 15) is 0 Å². The van der Waals surface area contributed by atoms with Crippen LogP contribution >= 0.6 is 27.7 Å². The molecule has 0 fully saturated rings. The summed E-state index contributed by atoms with van der Waals surface area (Å²) >= 11 is 5.01. The van der Waals surface area contributed by atoms with Crippen LogP contribution in [0.25, 0.3) is 22.1 Å². The van der Waals surface area contributed by atoms with Crippen LogP contribution in [0.15, 0.2) is 40.5 Å². The summed E-state index contributed by atoms with van der Waals surface area (Å²) in [4.78, 5) is 4.57. The van der Waals surface area contributed by atoms with E-state index in [2.05, 4.69) is 43.8 Å². The maximum atomic E-state index is 4.57. The Kier molecular flexibility index (Phi) is 3.28. The minimum atomic E-state index is 0.678. The summed E-state index contributed by atoms with van der Waals surface area (Å²) in [7, 11) is 2.00. The molecule has 0 radical (unpaired) electrons. The minimum Gasteiger partial charge on any atom is -0.327 e. The van der Waals surface area contributed by atoms with Gasteiger partial charge in [0.2, 0.25) is 5.16 Å². The smallest absolute Gasteiger partial charge is 0.211 e. The van der Waals surface area contributed by atoms with Crippen molar-refractivity contribution in [2.24, 2.45) is 7.05 Å². The normalized spacial score (nSPS) is 11.3. The van der Waals surface area contributed by atoms with Crippen LogP contribution < -0.4 is 0 Å². The van der Waals surface area contributed by atoms with E-state index in [4.69, 9.17) is 0 Å². The number of halogens is 1. The highest BCUT2D eigenvalue weighted by molar-refractivity contribution is 9.10. The molecule has 0 saturated heterocycles. The number of aromatic nitrogens is 4. The molecule has 0 aliphatic heterocycles. The van der Waals surface area contributed by atoms with E-state index in [0.29, 0.717) is 5.16 Å². The molecule has 96 valence electrons. The molecule has 0 bridgehead atoms. The fourth-order valence-electron chi connectivity index (χ4n) is 2.01. The lowest BCUT2D eigenvalue weighted by molar-refractivity contribution is 0.856. The number of nitrogens with zero attached hydrogens (tertiary/aromatic N) is 4. The number of aryl methyl sites for hydroxylation is 1. The first-order valence-electron chi connectivity index (χ1n) is 5.73. The van der Waals surface area contributed by atoms with Crippen molar-refractivity contribution >= 4 is 49.8 Å². The van der Waals surface area contributed by atoms with E-state index in [0.717, 1.165) is 32.3 Å². The maximum absolute atomic E-state index is 4.57. The second-order valence-electron chi connectivity index (χ2n) is 4.09. The molecule has 2 heterocycles. The number of thioether (sulfide) groups is 1. The van der Waals surface area contributed by atoms with Gasteiger partial charge in [-0.05, 0) is 18.2 Å². The summed E-state index contributed by atoms with van der Waals surface area (Å²) in [5.41, 5.74) is 2.79. The molecule has 3 aromatic rings. The van der Waals surface area contributed by atoms with Gasteiger partial charge >= 0.3 is 0 Å². The Hall–Kier alpha value is -1.40. The Labute approximate surface area is 123 Å². The second-order valence-corrected chi connectivity index (χ2v) is 5.99. The Bertz CT molecular complexity index is 781. The van der Waals surface area contributed by atoms with Gasteiger partial charge in [0.1, 0.15) is 5.52 Å². The molecule has 0 N–H and O–H groups in total. The van der Waals surface area contributed by atoms with Gasteiger partial charge in [0, 0.05) is 22.7 Å². The van der Waals surface area contributed by atoms with Gasteiger partial charge in [0.15, 0.2) is 5.65 Å². The molecular weight excluding hydrogens is 324 g/mol. The standard InChI is InChI=1S/C13H11BrN4S/c1-3-6-19-13-15-12-11(16-17-13)9-7-8(14)4-5-10(9)18(12)2/h3-5,7H,1,6H2,2H3. The van der Waals surface area contributed by atoms with Crippen LogP contribution in [0.2, 0.25) is 0 Å². The average molecular weight is 335 g/mol. The summed E-state index contributed by atoms with van der Waals surface area (Å²) in [5, 5.41) is 10.2. The van der Waals surface area contributed by atoms with Crippen LogP contribution in [0.4, 0.5) is 0 Å². The zero-order valence-electron chi connectivity index (χ0n) is 10.3. The van der Waals surface area contributed by atoms with Crippen molar-refractivity contribution in [1.82, 2.24) is 19.7 Å². The SMILES string of the molecule is C=CCSc1nnc2c3cc(Br)ccc3n(C)c2n1. The van der Waals surface area contributed by atoms with Crippen LogP contribution in [-0.2, 0) is 7.05 Å². The highest BCUT2D eigenvalue weighted by atomic mass is 79.9. The monoisotopic (exact) mass is 334 g/mol. The molecule has 0 unspecified atom stereocenters. The van der Waals surface area contributed by atoms with E-state index in [1.807, 2.05) is 29.8 Å². The van der Waals surface area contributed by atoms with Gasteiger partial charge in [0.05, 0.1) is 5.52 Å². The topological polar surface area (TPSA) is 43.6 Å². The molecule has 6 heteroatoms. The number of fused-ring (bicyclic) bond motifs is 3. The maximum Gasteiger partial charge on any atom is 0.211 e. The minimum absolute atomic E-state index is 0.678. The highest BCUT2D eigenvalue weighted by Crippen LogP contribution is 2.28. The molecule has 3 rings (SSSR count). The average Bonchev–Trinajstić information content (AvgIpc) is 2.69. The fraction of sp³-hybridized carbons (Fsp3) is 0.154. The first-order chi connectivity index (χ1) is 9.20. The highest BCUT2D eigenvalue weighted by Gasteiger charge is 2.12. The van der Waals surface area contributed by atoms with Crippen molar-refractivity contribution in [3.05, 3.63) is 35.3 Å². The zero-order valence-corrected chi connectivity index (χ0v) is 12.7. The van der Waals surface area contributed by atoms with Crippen LogP contribution in [0.3, 0.4) is 0 Å². The van der Waals surface area contributed by atoms with Crippen molar-refractivity contribution in [2.75, 3.05) is 5.75 Å². The van der Waals surface area contributed by atoms with Crippen molar-refractivity contribution in [3.8, 4) is 0 Å². The molecule has 19 heavy (non-hydrogen) atoms. The summed E-state index contributed by atoms with van der Waals surface area (Å²) in [6, 6.07) is 6.12. The molecule has 1 aromatic carbocycles. The second kappa shape index (κ2) is 4.94. The predicted molar refractivity (Wildman–Crippen MR) is 82.4 cm³/mol. The Morgan fingerprint density at radius 2 is 2.26 bits per heavy atom. The van der Waals surface area contributed by atoms with Gasteiger partial charge in [-0.1, -0.05) is 33.8 Å². The number of hydrogen-bond donors (Lipinski definition) is 0. The largest absolute Gasteiger partial charge is 0.327 e. The molecule has 0 saturated carbocycles. The van der Waals surface area contributed by atoms with Gasteiger partial charge in [0.25, 0.3) is 0 Å². The van der Waals surface area contributed by atoms with E-state index >= 15 is 0 Å². The van der Waals surface area contributed by atoms with Crippen molar-refractivity contribution in [2.45, 2.75) is 5.16 Å². The van der Waals surface area contributed by atoms with Crippen molar-refractivity contribution in [1.29, 1.82) is 0 Å². The molecule has 0 aliphatic carbocycles. The third kappa shape index (κ3) is 2.15. The number of hydrogen-bond acceptors (Lipinski definition) is 4. The summed E-state index contributed by atoms with van der Waals surface area (Å²) in [5.74, 6) is 0.780. The van der Waals surface area contributed by atoms with Gasteiger partial charge in [-0.15, -0.1) is 16.8 Å². The van der Waals surface area contributed by atoms with Crippen LogP contribution in [-0.4, -0.2) is 25.5 Å². The molecule has 0 amide bonds. The molecule has 0 spiro atoms. The van der Waals surface area contributed by atoms with E-state index in [-0.39, 0.29) is 0 Å². The van der Waals surface area contributed by atoms with Crippen LogP contribution in [0.1, 0.15) is 0 Å². The van der Waals surface area contributed by atoms with Crippen LogP contribution in [0.5, 0.6) is 0 Å². The third-order valence-electron chi connectivity index (χ3n) is 2.87. The van der Waals surface area contributed by atoms with E-state index in [1.54, 1.807) is 0 Å². The zero-order chi connectivity index (χ0) is 13.4. The summed E-state index contributed by atoms with van der Waals surface area (Å²) < 4.78 is 3.07. The lowest BCUT2D eigenvalue weighted by atomic mass is 10.2. The first kappa shape index (κ1) is 12.6. The molecular formula is C13H11BrN4S. The van der Waals surface area contributed by atoms with Gasteiger partial charge in [-0.2, -0.15) is 0 Å². The Morgan fingerprint density at radius 3 is 3.05 bits per heavy atom. The summed E-state index contributed by atoms with van der Waals surface area (Å²) in [6.07, 6.45) is 1.83. The molecule has 0 atom stereocenters. The molecule has 2 aromatic heterocycles. The predicted octanol–water partition coefficient (Wildman–Crippen LogP) is 3.56. The van der Waals surface area contributed by atoms with Gasteiger partial charge < -0.3 is 4.57 Å². The van der Waals surface area contributed by atoms with E-state index in [1.165, 1.54) is 11.8 Å². The Balaban J connectivity index is 2.26. The lowest BCUT2D eigenvalue weighted by Gasteiger charge is -1.98. The quantitative estimate of drug-likeness (QED) is 0.542. The van der Waals surface area contributed by atoms with Crippen LogP contribution in [0, 0.1) is 0 Å². The Morgan fingerprint density at radius 1 is 1.42 bits per heavy atom. The first-order valence-corrected chi connectivity index (χ1v) is 7.50. The van der Waals surface area contributed by atoms with E-state index < -0.39 is 0 Å². The fourth-order valence-corrected chi connectivity index (χ4v) is 2.89. The third-order valence-corrected chi connectivity index (χ3v) is 4.20. The van der Waals surface area contributed by atoms with Crippen molar-refractivity contribution in [3.63, 3.8) is 0 Å². The number of benzene rings is 1. The molecule has 0 aliphatic rings. The summed E-state index contributed by atoms with van der Waals surface area (Å²) in [6.45, 7) is 3.69. The lowest BCUT2D eigenvalue weighted by Crippen LogP contribution is -1.95. The number of rotatable bonds is 3. The van der Waals surface area contributed by atoms with Crippen molar-refractivity contribution < 1.29 is 0 Å².